The smallest absolute Gasteiger partial charge is 0.340 e. The van der Waals surface area contributed by atoms with Gasteiger partial charge >= 0.3 is 5.97 Å². The number of hydrogen-bond donors (Lipinski definition) is 1. The molecule has 1 aliphatic carbocycles. The molecule has 1 heterocycles. The molecule has 1 amide bonds. The van der Waals surface area contributed by atoms with Crippen LogP contribution in [0.2, 0.25) is 0 Å². The van der Waals surface area contributed by atoms with Gasteiger partial charge in [0.2, 0.25) is 0 Å². The number of benzene rings is 1. The van der Waals surface area contributed by atoms with Crippen molar-refractivity contribution >= 4 is 22.8 Å². The lowest BCUT2D eigenvalue weighted by atomic mass is 10.0. The topological polar surface area (TPSA) is 82.3 Å². The van der Waals surface area contributed by atoms with Gasteiger partial charge in [0.1, 0.15) is 0 Å². The Morgan fingerprint density at radius 2 is 1.90 bits per heavy atom. The van der Waals surface area contributed by atoms with Crippen molar-refractivity contribution in [3.8, 4) is 0 Å². The Balaban J connectivity index is 1.88. The normalized spacial score (nSPS) is 16.8. The Morgan fingerprint density at radius 3 is 2.62 bits per heavy atom. The fraction of sp³-hybridized carbons (Fsp3) is 0.312. The van der Waals surface area contributed by atoms with Crippen molar-refractivity contribution in [2.24, 2.45) is 5.73 Å². The van der Waals surface area contributed by atoms with Crippen LogP contribution in [0.4, 0.5) is 0 Å². The zero-order valence-corrected chi connectivity index (χ0v) is 11.5. The highest BCUT2D eigenvalue weighted by Crippen LogP contribution is 2.33. The number of esters is 1. The number of ether oxygens (including phenoxy) is 1. The summed E-state index contributed by atoms with van der Waals surface area (Å²) in [6.45, 7) is 0. The summed E-state index contributed by atoms with van der Waals surface area (Å²) >= 11 is 0. The summed E-state index contributed by atoms with van der Waals surface area (Å²) in [7, 11) is 0. The van der Waals surface area contributed by atoms with Gasteiger partial charge in [0.15, 0.2) is 5.60 Å². The van der Waals surface area contributed by atoms with Crippen molar-refractivity contribution < 1.29 is 14.3 Å². The fourth-order valence-electron chi connectivity index (χ4n) is 2.76. The van der Waals surface area contributed by atoms with E-state index in [0.717, 1.165) is 23.7 Å². The molecule has 1 fully saturated rings. The van der Waals surface area contributed by atoms with Gasteiger partial charge in [0, 0.05) is 11.6 Å². The molecule has 5 nitrogen and oxygen atoms in total. The van der Waals surface area contributed by atoms with Crippen molar-refractivity contribution in [2.45, 2.75) is 31.3 Å². The molecule has 2 aromatic rings. The summed E-state index contributed by atoms with van der Waals surface area (Å²) in [5.74, 6) is -1.11. The van der Waals surface area contributed by atoms with E-state index in [1.54, 1.807) is 6.07 Å². The third-order valence-corrected chi connectivity index (χ3v) is 3.97. The Hall–Kier alpha value is -2.43. The maximum atomic E-state index is 12.3. The van der Waals surface area contributed by atoms with Gasteiger partial charge < -0.3 is 10.5 Å². The summed E-state index contributed by atoms with van der Waals surface area (Å²) in [4.78, 5) is 28.1. The standard InChI is InChI=1S/C16H16N2O3/c17-15(20)16(7-3-4-8-16)21-14(19)12-9-11-5-1-2-6-13(11)18-10-12/h1-2,5-6,9-10H,3-4,7-8H2,(H2,17,20). The van der Waals surface area contributed by atoms with Crippen LogP contribution < -0.4 is 5.73 Å². The average Bonchev–Trinajstić information content (AvgIpc) is 2.96. The number of aromatic nitrogens is 1. The summed E-state index contributed by atoms with van der Waals surface area (Å²) in [5, 5.41) is 0.853. The average molecular weight is 284 g/mol. The van der Waals surface area contributed by atoms with Gasteiger partial charge in [-0.1, -0.05) is 18.2 Å². The molecule has 0 atom stereocenters. The molecule has 0 bridgehead atoms. The van der Waals surface area contributed by atoms with Crippen LogP contribution in [0.25, 0.3) is 10.9 Å². The Labute approximate surface area is 122 Å². The number of para-hydroxylation sites is 1. The SMILES string of the molecule is NC(=O)C1(OC(=O)c2cnc3ccccc3c2)CCCC1. The number of nitrogens with two attached hydrogens (primary N) is 1. The second-order valence-electron chi connectivity index (χ2n) is 5.37. The molecule has 1 saturated carbocycles. The van der Waals surface area contributed by atoms with E-state index >= 15 is 0 Å². The van der Waals surface area contributed by atoms with Gasteiger partial charge in [-0.25, -0.2) is 4.79 Å². The van der Waals surface area contributed by atoms with Crippen LogP contribution in [0.1, 0.15) is 36.0 Å². The highest BCUT2D eigenvalue weighted by atomic mass is 16.6. The lowest BCUT2D eigenvalue weighted by molar-refractivity contribution is -0.136. The van der Waals surface area contributed by atoms with Crippen molar-refractivity contribution in [1.29, 1.82) is 0 Å². The predicted molar refractivity (Wildman–Crippen MR) is 77.6 cm³/mol. The minimum absolute atomic E-state index is 0.334. The van der Waals surface area contributed by atoms with E-state index in [1.807, 2.05) is 24.3 Å². The number of nitrogens with zero attached hydrogens (tertiary/aromatic N) is 1. The number of carbonyl (C=O) groups is 2. The molecule has 2 N–H and O–H groups in total. The van der Waals surface area contributed by atoms with E-state index in [0.29, 0.717) is 18.4 Å². The molecule has 1 aromatic carbocycles. The third-order valence-electron chi connectivity index (χ3n) is 3.97. The number of pyridine rings is 1. The second-order valence-corrected chi connectivity index (χ2v) is 5.37. The van der Waals surface area contributed by atoms with Gasteiger partial charge in [0.05, 0.1) is 11.1 Å². The first-order chi connectivity index (χ1) is 10.1. The highest BCUT2D eigenvalue weighted by molar-refractivity contribution is 5.96. The van der Waals surface area contributed by atoms with E-state index in [9.17, 15) is 9.59 Å². The molecule has 0 saturated heterocycles. The van der Waals surface area contributed by atoms with E-state index in [1.165, 1.54) is 6.20 Å². The van der Waals surface area contributed by atoms with Crippen molar-refractivity contribution in [3.63, 3.8) is 0 Å². The lowest BCUT2D eigenvalue weighted by Gasteiger charge is -2.25. The number of fused-ring (bicyclic) bond motifs is 1. The zero-order chi connectivity index (χ0) is 14.9. The Kier molecular flexibility index (Phi) is 3.33. The number of amides is 1. The van der Waals surface area contributed by atoms with Crippen LogP contribution in [-0.2, 0) is 9.53 Å². The highest BCUT2D eigenvalue weighted by Gasteiger charge is 2.43. The van der Waals surface area contributed by atoms with Gasteiger partial charge in [-0.3, -0.25) is 9.78 Å². The first-order valence-corrected chi connectivity index (χ1v) is 6.99. The number of hydrogen-bond acceptors (Lipinski definition) is 4. The summed E-state index contributed by atoms with van der Waals surface area (Å²) < 4.78 is 5.44. The second kappa shape index (κ2) is 5.16. The van der Waals surface area contributed by atoms with E-state index < -0.39 is 17.5 Å². The van der Waals surface area contributed by atoms with E-state index in [-0.39, 0.29) is 0 Å². The largest absolute Gasteiger partial charge is 0.445 e. The molecule has 0 aliphatic heterocycles. The van der Waals surface area contributed by atoms with Crippen LogP contribution in [0.15, 0.2) is 36.5 Å². The minimum atomic E-state index is -1.15. The summed E-state index contributed by atoms with van der Waals surface area (Å²) in [6.07, 6.45) is 4.14. The van der Waals surface area contributed by atoms with E-state index in [2.05, 4.69) is 4.98 Å². The number of carbonyl (C=O) groups excluding carboxylic acids is 2. The lowest BCUT2D eigenvalue weighted by Crippen LogP contribution is -2.45. The van der Waals surface area contributed by atoms with Crippen molar-refractivity contribution in [2.75, 3.05) is 0 Å². The van der Waals surface area contributed by atoms with Crippen LogP contribution in [0.5, 0.6) is 0 Å². The van der Waals surface area contributed by atoms with Crippen LogP contribution >= 0.6 is 0 Å². The van der Waals surface area contributed by atoms with E-state index in [4.69, 9.17) is 10.5 Å². The first-order valence-electron chi connectivity index (χ1n) is 6.99. The Morgan fingerprint density at radius 1 is 1.19 bits per heavy atom. The molecule has 5 heteroatoms. The zero-order valence-electron chi connectivity index (χ0n) is 11.5. The van der Waals surface area contributed by atoms with Gasteiger partial charge in [-0.05, 0) is 37.8 Å². The molecular weight excluding hydrogens is 268 g/mol. The van der Waals surface area contributed by atoms with Crippen molar-refractivity contribution in [1.82, 2.24) is 4.98 Å². The summed E-state index contributed by atoms with van der Waals surface area (Å²) in [5.41, 5.74) is 5.41. The molecule has 21 heavy (non-hydrogen) atoms. The number of primary amides is 1. The van der Waals surface area contributed by atoms with Gasteiger partial charge in [-0.2, -0.15) is 0 Å². The monoisotopic (exact) mass is 284 g/mol. The fourth-order valence-corrected chi connectivity index (χ4v) is 2.76. The first kappa shape index (κ1) is 13.5. The van der Waals surface area contributed by atoms with Gasteiger partial charge in [-0.15, -0.1) is 0 Å². The minimum Gasteiger partial charge on any atom is -0.445 e. The predicted octanol–water partition coefficient (Wildman–Crippen LogP) is 2.19. The molecule has 0 unspecified atom stereocenters. The molecule has 0 spiro atoms. The third kappa shape index (κ3) is 2.46. The van der Waals surface area contributed by atoms with Gasteiger partial charge in [0.25, 0.3) is 5.91 Å². The molecular formula is C16H16N2O3. The van der Waals surface area contributed by atoms with Crippen molar-refractivity contribution in [3.05, 3.63) is 42.1 Å². The molecule has 3 rings (SSSR count). The van der Waals surface area contributed by atoms with Crippen LogP contribution in [-0.4, -0.2) is 22.5 Å². The molecule has 108 valence electrons. The molecule has 1 aliphatic rings. The maximum absolute atomic E-state index is 12.3. The quantitative estimate of drug-likeness (QED) is 0.876. The Bertz CT molecular complexity index is 705. The maximum Gasteiger partial charge on any atom is 0.340 e. The van der Waals surface area contributed by atoms with Crippen LogP contribution in [0, 0.1) is 0 Å². The number of rotatable bonds is 3. The summed E-state index contributed by atoms with van der Waals surface area (Å²) in [6, 6.07) is 9.22. The molecule has 0 radical (unpaired) electrons. The van der Waals surface area contributed by atoms with Crippen LogP contribution in [0.3, 0.4) is 0 Å². The molecule has 1 aromatic heterocycles.